The van der Waals surface area contributed by atoms with Crippen LogP contribution in [0.4, 0.5) is 0 Å². The number of hydrogen-bond donors (Lipinski definition) is 1. The Bertz CT molecular complexity index is 815. The van der Waals surface area contributed by atoms with Gasteiger partial charge in [-0.1, -0.05) is 48.5 Å². The van der Waals surface area contributed by atoms with Crippen molar-refractivity contribution < 1.29 is 0 Å². The van der Waals surface area contributed by atoms with Crippen LogP contribution in [0.15, 0.2) is 60.8 Å². The molecule has 1 aliphatic carbocycles. The molecule has 0 spiro atoms. The van der Waals surface area contributed by atoms with E-state index in [9.17, 15) is 0 Å². The van der Waals surface area contributed by atoms with E-state index >= 15 is 0 Å². The summed E-state index contributed by atoms with van der Waals surface area (Å²) in [6.07, 6.45) is 4.62. The van der Waals surface area contributed by atoms with Crippen molar-refractivity contribution in [3.05, 3.63) is 77.6 Å². The van der Waals surface area contributed by atoms with Gasteiger partial charge in [0.2, 0.25) is 0 Å². The molecule has 116 valence electrons. The summed E-state index contributed by atoms with van der Waals surface area (Å²) in [5.74, 6) is 0.812. The Hall–Kier alpha value is -2.19. The van der Waals surface area contributed by atoms with Crippen LogP contribution in [0.5, 0.6) is 0 Å². The maximum absolute atomic E-state index is 4.61. The van der Waals surface area contributed by atoms with Gasteiger partial charge in [-0.2, -0.15) is 0 Å². The Morgan fingerprint density at radius 3 is 2.83 bits per heavy atom. The third-order valence-corrected chi connectivity index (χ3v) is 4.73. The summed E-state index contributed by atoms with van der Waals surface area (Å²) in [5, 5.41) is 6.12. The van der Waals surface area contributed by atoms with E-state index in [0.29, 0.717) is 0 Å². The quantitative estimate of drug-likeness (QED) is 0.720. The number of pyridine rings is 1. The molecule has 2 heteroatoms. The average molecular weight is 302 g/mol. The van der Waals surface area contributed by atoms with E-state index in [-0.39, 0.29) is 6.04 Å². The highest BCUT2D eigenvalue weighted by atomic mass is 14.9. The topological polar surface area (TPSA) is 24.9 Å². The van der Waals surface area contributed by atoms with Crippen molar-refractivity contribution in [2.24, 2.45) is 0 Å². The van der Waals surface area contributed by atoms with E-state index in [1.165, 1.54) is 34.7 Å². The van der Waals surface area contributed by atoms with Gasteiger partial charge in [-0.25, -0.2) is 0 Å². The summed E-state index contributed by atoms with van der Waals surface area (Å²) in [6, 6.07) is 19.8. The van der Waals surface area contributed by atoms with Crippen LogP contribution in [0.1, 0.15) is 48.5 Å². The smallest absolute Gasteiger partial charge is 0.0648 e. The lowest BCUT2D eigenvalue weighted by Gasteiger charge is -2.16. The lowest BCUT2D eigenvalue weighted by Crippen LogP contribution is -2.19. The summed E-state index contributed by atoms with van der Waals surface area (Å²) < 4.78 is 0. The van der Waals surface area contributed by atoms with Gasteiger partial charge in [0, 0.05) is 24.2 Å². The molecule has 1 saturated carbocycles. The molecule has 0 saturated heterocycles. The summed E-state index contributed by atoms with van der Waals surface area (Å²) >= 11 is 0. The molecule has 1 N–H and O–H groups in total. The van der Waals surface area contributed by atoms with Crippen LogP contribution in [0, 0.1) is 0 Å². The standard InChI is InChI=1S/C21H22N2/c1-15(21-20-8-3-2-6-18(20)11-12-22-21)23-14-16-5-4-7-19(13-16)17-9-10-17/h2-8,11-13,15,17,23H,9-10,14H2,1H3. The molecular formula is C21H22N2. The molecule has 3 aromatic rings. The minimum Gasteiger partial charge on any atom is -0.305 e. The van der Waals surface area contributed by atoms with Crippen molar-refractivity contribution >= 4 is 10.8 Å². The molecule has 1 unspecified atom stereocenters. The molecular weight excluding hydrogens is 280 g/mol. The molecule has 1 fully saturated rings. The lowest BCUT2D eigenvalue weighted by molar-refractivity contribution is 0.565. The predicted octanol–water partition coefficient (Wildman–Crippen LogP) is 4.96. The summed E-state index contributed by atoms with van der Waals surface area (Å²) in [7, 11) is 0. The van der Waals surface area contributed by atoms with Crippen LogP contribution in [-0.2, 0) is 6.54 Å². The lowest BCUT2D eigenvalue weighted by atomic mass is 10.0. The van der Waals surface area contributed by atoms with Gasteiger partial charge < -0.3 is 5.32 Å². The van der Waals surface area contributed by atoms with E-state index in [0.717, 1.165) is 18.2 Å². The van der Waals surface area contributed by atoms with E-state index < -0.39 is 0 Å². The molecule has 0 bridgehead atoms. The van der Waals surface area contributed by atoms with E-state index in [1.54, 1.807) is 0 Å². The maximum Gasteiger partial charge on any atom is 0.0648 e. The normalized spacial score (nSPS) is 15.7. The number of aromatic nitrogens is 1. The highest BCUT2D eigenvalue weighted by molar-refractivity contribution is 5.84. The zero-order valence-corrected chi connectivity index (χ0v) is 13.5. The molecule has 0 amide bonds. The average Bonchev–Trinajstić information content (AvgIpc) is 3.44. The number of benzene rings is 2. The Morgan fingerprint density at radius 2 is 1.96 bits per heavy atom. The van der Waals surface area contributed by atoms with Crippen molar-refractivity contribution in [1.29, 1.82) is 0 Å². The SMILES string of the molecule is CC(NCc1cccc(C2CC2)c1)c1nccc2ccccc12. The number of hydrogen-bond acceptors (Lipinski definition) is 2. The summed E-state index contributed by atoms with van der Waals surface area (Å²) in [4.78, 5) is 4.61. The molecule has 0 aliphatic heterocycles. The van der Waals surface area contributed by atoms with E-state index in [4.69, 9.17) is 0 Å². The fourth-order valence-corrected chi connectivity index (χ4v) is 3.23. The second-order valence-corrected chi connectivity index (χ2v) is 6.54. The molecule has 2 nitrogen and oxygen atoms in total. The third kappa shape index (κ3) is 3.13. The van der Waals surface area contributed by atoms with Crippen molar-refractivity contribution in [3.8, 4) is 0 Å². The van der Waals surface area contributed by atoms with Crippen molar-refractivity contribution in [3.63, 3.8) is 0 Å². The van der Waals surface area contributed by atoms with Gasteiger partial charge in [-0.15, -0.1) is 0 Å². The van der Waals surface area contributed by atoms with Crippen molar-refractivity contribution in [2.75, 3.05) is 0 Å². The Kier molecular flexibility index (Phi) is 3.84. The molecule has 2 aromatic carbocycles. The van der Waals surface area contributed by atoms with Gasteiger partial charge in [0.05, 0.1) is 5.69 Å². The monoisotopic (exact) mass is 302 g/mol. The number of rotatable bonds is 5. The van der Waals surface area contributed by atoms with E-state index in [1.807, 2.05) is 6.20 Å². The molecule has 1 aromatic heterocycles. The summed E-state index contributed by atoms with van der Waals surface area (Å²) in [5.41, 5.74) is 3.99. The van der Waals surface area contributed by atoms with Crippen LogP contribution in [-0.4, -0.2) is 4.98 Å². The fourth-order valence-electron chi connectivity index (χ4n) is 3.23. The van der Waals surface area contributed by atoms with Crippen molar-refractivity contribution in [1.82, 2.24) is 10.3 Å². The zero-order valence-electron chi connectivity index (χ0n) is 13.5. The molecule has 1 aliphatic rings. The predicted molar refractivity (Wildman–Crippen MR) is 95.4 cm³/mol. The highest BCUT2D eigenvalue weighted by Crippen LogP contribution is 2.40. The first-order chi connectivity index (χ1) is 11.3. The van der Waals surface area contributed by atoms with Gasteiger partial charge in [0.25, 0.3) is 0 Å². The molecule has 23 heavy (non-hydrogen) atoms. The van der Waals surface area contributed by atoms with Gasteiger partial charge >= 0.3 is 0 Å². The van der Waals surface area contributed by atoms with Gasteiger partial charge in [0.15, 0.2) is 0 Å². The number of nitrogens with zero attached hydrogens (tertiary/aromatic N) is 1. The van der Waals surface area contributed by atoms with Crippen molar-refractivity contribution in [2.45, 2.75) is 38.3 Å². The molecule has 1 heterocycles. The Morgan fingerprint density at radius 1 is 1.09 bits per heavy atom. The molecule has 0 radical (unpaired) electrons. The summed E-state index contributed by atoms with van der Waals surface area (Å²) in [6.45, 7) is 3.08. The zero-order chi connectivity index (χ0) is 15.6. The van der Waals surface area contributed by atoms with Crippen LogP contribution < -0.4 is 5.32 Å². The van der Waals surface area contributed by atoms with Gasteiger partial charge in [-0.05, 0) is 48.3 Å². The van der Waals surface area contributed by atoms with Gasteiger partial charge in [0.1, 0.15) is 0 Å². The molecule has 1 atom stereocenters. The Balaban J connectivity index is 1.51. The van der Waals surface area contributed by atoms with Crippen LogP contribution >= 0.6 is 0 Å². The van der Waals surface area contributed by atoms with Crippen LogP contribution in [0.3, 0.4) is 0 Å². The third-order valence-electron chi connectivity index (χ3n) is 4.73. The maximum atomic E-state index is 4.61. The second kappa shape index (κ2) is 6.13. The molecule has 4 rings (SSSR count). The minimum atomic E-state index is 0.227. The van der Waals surface area contributed by atoms with Gasteiger partial charge in [-0.3, -0.25) is 4.98 Å². The fraction of sp³-hybridized carbons (Fsp3) is 0.286. The largest absolute Gasteiger partial charge is 0.305 e. The Labute approximate surface area is 137 Å². The number of nitrogens with one attached hydrogen (secondary N) is 1. The highest BCUT2D eigenvalue weighted by Gasteiger charge is 2.23. The van der Waals surface area contributed by atoms with Crippen LogP contribution in [0.25, 0.3) is 10.8 Å². The second-order valence-electron chi connectivity index (χ2n) is 6.54. The minimum absolute atomic E-state index is 0.227. The van der Waals surface area contributed by atoms with Crippen LogP contribution in [0.2, 0.25) is 0 Å². The van der Waals surface area contributed by atoms with E-state index in [2.05, 4.69) is 71.8 Å². The first-order valence-corrected chi connectivity index (χ1v) is 8.47. The first kappa shape index (κ1) is 14.4. The first-order valence-electron chi connectivity index (χ1n) is 8.47. The number of fused-ring (bicyclic) bond motifs is 1.